The van der Waals surface area contributed by atoms with Gasteiger partial charge in [-0.1, -0.05) is 42.1 Å². The van der Waals surface area contributed by atoms with Crippen molar-refractivity contribution >= 4 is 22.8 Å². The molecule has 3 rings (SSSR count). The highest BCUT2D eigenvalue weighted by Gasteiger charge is 2.51. The van der Waals surface area contributed by atoms with E-state index in [4.69, 9.17) is 4.74 Å². The minimum atomic E-state index is -1.29. The highest BCUT2D eigenvalue weighted by Crippen LogP contribution is 2.33. The van der Waals surface area contributed by atoms with Crippen LogP contribution in [0.2, 0.25) is 0 Å². The Morgan fingerprint density at radius 3 is 2.80 bits per heavy atom. The van der Waals surface area contributed by atoms with Crippen LogP contribution in [0.25, 0.3) is 0 Å². The Hall–Kier alpha value is -1.61. The van der Waals surface area contributed by atoms with Crippen molar-refractivity contribution in [3.05, 3.63) is 35.9 Å². The molecule has 8 heteroatoms. The SMILES string of the molecule is CCN=C1NC2C(OC(C(=O)NCCc3ccccc3)C(O)C2O)S1. The van der Waals surface area contributed by atoms with E-state index in [0.29, 0.717) is 24.7 Å². The average Bonchev–Trinajstić information content (AvgIpc) is 3.02. The maximum atomic E-state index is 12.4. The van der Waals surface area contributed by atoms with E-state index >= 15 is 0 Å². The summed E-state index contributed by atoms with van der Waals surface area (Å²) >= 11 is 1.33. The number of ether oxygens (including phenoxy) is 1. The predicted molar refractivity (Wildman–Crippen MR) is 96.3 cm³/mol. The fourth-order valence-corrected chi connectivity index (χ4v) is 4.10. The van der Waals surface area contributed by atoms with Gasteiger partial charge in [-0.2, -0.15) is 0 Å². The molecule has 0 radical (unpaired) electrons. The van der Waals surface area contributed by atoms with E-state index in [9.17, 15) is 15.0 Å². The zero-order chi connectivity index (χ0) is 17.8. The fourth-order valence-electron chi connectivity index (χ4n) is 2.92. The van der Waals surface area contributed by atoms with Gasteiger partial charge in [0.1, 0.15) is 17.6 Å². The number of aliphatic imine (C=N–C) groups is 1. The van der Waals surface area contributed by atoms with E-state index < -0.39 is 35.7 Å². The number of nitrogens with zero attached hydrogens (tertiary/aromatic N) is 1. The van der Waals surface area contributed by atoms with E-state index in [1.807, 2.05) is 37.3 Å². The van der Waals surface area contributed by atoms with E-state index in [0.717, 1.165) is 5.56 Å². The molecule has 0 aliphatic carbocycles. The summed E-state index contributed by atoms with van der Waals surface area (Å²) in [5, 5.41) is 27.1. The summed E-state index contributed by atoms with van der Waals surface area (Å²) in [6.07, 6.45) is -2.79. The van der Waals surface area contributed by atoms with Crippen molar-refractivity contribution in [2.75, 3.05) is 13.1 Å². The van der Waals surface area contributed by atoms with Gasteiger partial charge in [0.05, 0.1) is 6.04 Å². The summed E-state index contributed by atoms with van der Waals surface area (Å²) in [6, 6.07) is 9.33. The Balaban J connectivity index is 1.56. The first kappa shape index (κ1) is 18.2. The van der Waals surface area contributed by atoms with Crippen LogP contribution in [0.5, 0.6) is 0 Å². The molecular weight excluding hydrogens is 342 g/mol. The molecule has 0 aromatic heterocycles. The van der Waals surface area contributed by atoms with Crippen molar-refractivity contribution in [1.29, 1.82) is 0 Å². The molecule has 1 amide bonds. The van der Waals surface area contributed by atoms with Gasteiger partial charge in [-0.15, -0.1) is 0 Å². The minimum absolute atomic E-state index is 0.414. The second kappa shape index (κ2) is 8.18. The van der Waals surface area contributed by atoms with Crippen LogP contribution in [0.4, 0.5) is 0 Å². The van der Waals surface area contributed by atoms with Crippen LogP contribution in [0, 0.1) is 0 Å². The number of carbonyl (C=O) groups excluding carboxylic acids is 1. The average molecular weight is 365 g/mol. The summed E-state index contributed by atoms with van der Waals surface area (Å²) in [5.41, 5.74) is 0.664. The van der Waals surface area contributed by atoms with Crippen molar-refractivity contribution in [3.63, 3.8) is 0 Å². The monoisotopic (exact) mass is 365 g/mol. The fraction of sp³-hybridized carbons (Fsp3) is 0.529. The summed E-state index contributed by atoms with van der Waals surface area (Å²) in [4.78, 5) is 16.6. The number of thioether (sulfide) groups is 1. The quantitative estimate of drug-likeness (QED) is 0.580. The van der Waals surface area contributed by atoms with Crippen molar-refractivity contribution < 1.29 is 19.7 Å². The zero-order valence-electron chi connectivity index (χ0n) is 14.0. The Morgan fingerprint density at radius 2 is 2.08 bits per heavy atom. The second-order valence-electron chi connectivity index (χ2n) is 6.00. The molecule has 25 heavy (non-hydrogen) atoms. The predicted octanol–water partition coefficient (Wildman–Crippen LogP) is -0.127. The molecule has 2 heterocycles. The van der Waals surface area contributed by atoms with Crippen molar-refractivity contribution in [3.8, 4) is 0 Å². The third-order valence-corrected chi connectivity index (χ3v) is 5.34. The molecule has 5 unspecified atom stereocenters. The molecule has 0 saturated carbocycles. The molecule has 136 valence electrons. The molecule has 2 aliphatic rings. The number of fused-ring (bicyclic) bond motifs is 1. The molecule has 2 saturated heterocycles. The first-order valence-electron chi connectivity index (χ1n) is 8.41. The number of aliphatic hydroxyl groups is 2. The van der Waals surface area contributed by atoms with Crippen LogP contribution in [-0.4, -0.2) is 64.2 Å². The topological polar surface area (TPSA) is 103 Å². The van der Waals surface area contributed by atoms with Crippen LogP contribution in [0.15, 0.2) is 35.3 Å². The van der Waals surface area contributed by atoms with Crippen LogP contribution in [-0.2, 0) is 16.0 Å². The Labute approximate surface area is 150 Å². The molecule has 2 fully saturated rings. The number of hydrogen-bond donors (Lipinski definition) is 4. The number of benzene rings is 1. The van der Waals surface area contributed by atoms with Crippen molar-refractivity contribution in [1.82, 2.24) is 10.6 Å². The molecule has 1 aromatic carbocycles. The van der Waals surface area contributed by atoms with Gasteiger partial charge in [-0.25, -0.2) is 0 Å². The van der Waals surface area contributed by atoms with Gasteiger partial charge in [0, 0.05) is 13.1 Å². The highest BCUT2D eigenvalue weighted by atomic mass is 32.2. The second-order valence-corrected chi connectivity index (χ2v) is 7.09. The van der Waals surface area contributed by atoms with Crippen LogP contribution in [0.3, 0.4) is 0 Å². The lowest BCUT2D eigenvalue weighted by Crippen LogP contribution is -2.62. The first-order chi connectivity index (χ1) is 12.1. The lowest BCUT2D eigenvalue weighted by Gasteiger charge is -2.38. The molecule has 0 bridgehead atoms. The van der Waals surface area contributed by atoms with Crippen LogP contribution >= 0.6 is 11.8 Å². The van der Waals surface area contributed by atoms with Gasteiger partial charge >= 0.3 is 0 Å². The largest absolute Gasteiger partial charge is 0.388 e. The normalized spacial score (nSPS) is 32.9. The van der Waals surface area contributed by atoms with Crippen molar-refractivity contribution in [2.45, 2.75) is 43.1 Å². The Morgan fingerprint density at radius 1 is 1.32 bits per heavy atom. The third kappa shape index (κ3) is 4.14. The van der Waals surface area contributed by atoms with Crippen LogP contribution < -0.4 is 10.6 Å². The van der Waals surface area contributed by atoms with Gasteiger partial charge < -0.3 is 25.6 Å². The summed E-state index contributed by atoms with van der Waals surface area (Å²) in [6.45, 7) is 2.96. The summed E-state index contributed by atoms with van der Waals surface area (Å²) < 4.78 is 5.73. The molecule has 4 N–H and O–H groups in total. The lowest BCUT2D eigenvalue weighted by atomic mass is 9.97. The summed E-state index contributed by atoms with van der Waals surface area (Å²) in [5.74, 6) is -0.414. The number of rotatable bonds is 5. The maximum absolute atomic E-state index is 12.4. The number of amides is 1. The molecule has 1 aromatic rings. The van der Waals surface area contributed by atoms with Gasteiger partial charge in [-0.3, -0.25) is 9.79 Å². The highest BCUT2D eigenvalue weighted by molar-refractivity contribution is 8.14. The minimum Gasteiger partial charge on any atom is -0.388 e. The van der Waals surface area contributed by atoms with E-state index in [2.05, 4.69) is 15.6 Å². The number of nitrogens with one attached hydrogen (secondary N) is 2. The molecule has 0 spiro atoms. The van der Waals surface area contributed by atoms with Crippen molar-refractivity contribution in [2.24, 2.45) is 4.99 Å². The van der Waals surface area contributed by atoms with E-state index in [1.54, 1.807) is 0 Å². The Bertz CT molecular complexity index is 628. The Kier molecular flexibility index (Phi) is 5.95. The number of hydrogen-bond acceptors (Lipinski definition) is 6. The van der Waals surface area contributed by atoms with Gasteiger partial charge in [0.25, 0.3) is 5.91 Å². The number of amidine groups is 1. The number of aliphatic hydroxyl groups excluding tert-OH is 2. The van der Waals surface area contributed by atoms with Gasteiger partial charge in [0.15, 0.2) is 11.3 Å². The molecule has 2 aliphatic heterocycles. The smallest absolute Gasteiger partial charge is 0.252 e. The maximum Gasteiger partial charge on any atom is 0.252 e. The molecule has 5 atom stereocenters. The van der Waals surface area contributed by atoms with Gasteiger partial charge in [0.2, 0.25) is 0 Å². The molecular formula is C17H23N3O4S. The number of carbonyl (C=O) groups is 1. The third-order valence-electron chi connectivity index (χ3n) is 4.24. The standard InChI is InChI=1S/C17H23N3O4S/c1-2-18-17-20-11-12(21)13(22)14(24-16(11)25-17)15(23)19-9-8-10-6-4-3-5-7-10/h3-7,11-14,16,21-22H,2,8-9H2,1H3,(H,18,20)(H,19,23). The molecule has 7 nitrogen and oxygen atoms in total. The first-order valence-corrected chi connectivity index (χ1v) is 9.29. The van der Waals surface area contributed by atoms with E-state index in [1.165, 1.54) is 11.8 Å². The van der Waals surface area contributed by atoms with Crippen LogP contribution in [0.1, 0.15) is 12.5 Å². The summed E-state index contributed by atoms with van der Waals surface area (Å²) in [7, 11) is 0. The zero-order valence-corrected chi connectivity index (χ0v) is 14.8. The van der Waals surface area contributed by atoms with Gasteiger partial charge in [-0.05, 0) is 18.9 Å². The van der Waals surface area contributed by atoms with E-state index in [-0.39, 0.29) is 0 Å². The lowest BCUT2D eigenvalue weighted by molar-refractivity contribution is -0.172.